The number of rotatable bonds is 4. The average Bonchev–Trinajstić information content (AvgIpc) is 3.09. The number of benzene rings is 2. The maximum absolute atomic E-state index is 13.6. The predicted octanol–water partition coefficient (Wildman–Crippen LogP) is 5.35. The number of fused-ring (bicyclic) bond motifs is 1. The number of carbonyl (C=O) groups is 1. The number of furan rings is 1. The van der Waals surface area contributed by atoms with Crippen molar-refractivity contribution in [3.05, 3.63) is 81.3 Å². The summed E-state index contributed by atoms with van der Waals surface area (Å²) in [6.07, 6.45) is 0.717. The zero-order valence-electron chi connectivity index (χ0n) is 17.5. The Kier molecular flexibility index (Phi) is 5.48. The van der Waals surface area contributed by atoms with Crippen LogP contribution in [0.2, 0.25) is 5.02 Å². The Morgan fingerprint density at radius 3 is 2.47 bits per heavy atom. The largest absolute Gasteiger partial charge is 0.493 e. The monoisotopic (exact) mass is 425 g/mol. The lowest BCUT2D eigenvalue weighted by Gasteiger charge is -2.38. The molecule has 0 bridgehead atoms. The molecule has 0 fully saturated rings. The highest BCUT2D eigenvalue weighted by molar-refractivity contribution is 6.30. The molecule has 0 saturated carbocycles. The van der Waals surface area contributed by atoms with E-state index in [1.54, 1.807) is 20.3 Å². The van der Waals surface area contributed by atoms with Gasteiger partial charge in [-0.25, -0.2) is 0 Å². The number of nitrogens with zero attached hydrogens (tertiary/aromatic N) is 1. The molecule has 0 aliphatic carbocycles. The molecule has 2 heterocycles. The third-order valence-electron chi connectivity index (χ3n) is 5.57. The molecule has 0 saturated heterocycles. The Hall–Kier alpha value is -2.92. The third kappa shape index (κ3) is 3.54. The van der Waals surface area contributed by atoms with E-state index in [9.17, 15) is 4.79 Å². The number of aryl methyl sites for hydroxylation is 2. The summed E-state index contributed by atoms with van der Waals surface area (Å²) in [4.78, 5) is 15.5. The Labute approximate surface area is 181 Å². The lowest BCUT2D eigenvalue weighted by atomic mass is 9.87. The number of carbonyl (C=O) groups excluding carboxylic acids is 1. The highest BCUT2D eigenvalue weighted by atomic mass is 35.5. The first-order chi connectivity index (χ1) is 14.4. The van der Waals surface area contributed by atoms with Gasteiger partial charge in [-0.2, -0.15) is 0 Å². The van der Waals surface area contributed by atoms with Crippen LogP contribution in [0.5, 0.6) is 11.5 Å². The molecule has 5 nitrogen and oxygen atoms in total. The minimum absolute atomic E-state index is 0.0604. The van der Waals surface area contributed by atoms with Crippen molar-refractivity contribution >= 4 is 17.5 Å². The van der Waals surface area contributed by atoms with Crippen LogP contribution in [0.3, 0.4) is 0 Å². The first kappa shape index (κ1) is 20.4. The smallest absolute Gasteiger partial charge is 0.258 e. The molecule has 0 spiro atoms. The van der Waals surface area contributed by atoms with Crippen molar-refractivity contribution in [2.45, 2.75) is 26.3 Å². The van der Waals surface area contributed by atoms with Gasteiger partial charge in [-0.1, -0.05) is 23.7 Å². The van der Waals surface area contributed by atoms with Crippen LogP contribution in [0.25, 0.3) is 0 Å². The molecule has 156 valence electrons. The van der Waals surface area contributed by atoms with E-state index < -0.39 is 0 Å². The van der Waals surface area contributed by atoms with Crippen LogP contribution in [0.1, 0.15) is 44.6 Å². The van der Waals surface area contributed by atoms with Gasteiger partial charge in [0, 0.05) is 11.6 Å². The Morgan fingerprint density at radius 2 is 1.83 bits per heavy atom. The molecule has 1 atom stereocenters. The van der Waals surface area contributed by atoms with Crippen molar-refractivity contribution in [3.8, 4) is 11.5 Å². The van der Waals surface area contributed by atoms with Gasteiger partial charge < -0.3 is 18.8 Å². The fourth-order valence-corrected chi connectivity index (χ4v) is 4.40. The molecule has 0 radical (unpaired) electrons. The molecule has 1 aliphatic rings. The van der Waals surface area contributed by atoms with E-state index in [0.29, 0.717) is 40.8 Å². The van der Waals surface area contributed by atoms with Crippen LogP contribution in [-0.2, 0) is 6.42 Å². The highest BCUT2D eigenvalue weighted by Crippen LogP contribution is 2.42. The normalized spacial score (nSPS) is 15.6. The van der Waals surface area contributed by atoms with Gasteiger partial charge in [-0.05, 0) is 67.3 Å². The fraction of sp³-hybridized carbons (Fsp3) is 0.292. The first-order valence-electron chi connectivity index (χ1n) is 9.81. The Morgan fingerprint density at radius 1 is 1.10 bits per heavy atom. The van der Waals surface area contributed by atoms with Crippen molar-refractivity contribution in [2.24, 2.45) is 0 Å². The molecule has 1 aromatic heterocycles. The molecule has 0 unspecified atom stereocenters. The second-order valence-electron chi connectivity index (χ2n) is 7.44. The van der Waals surface area contributed by atoms with E-state index in [1.807, 2.05) is 55.1 Å². The molecule has 6 heteroatoms. The molecular formula is C24H24ClNO4. The van der Waals surface area contributed by atoms with Gasteiger partial charge in [0.05, 0.1) is 25.8 Å². The summed E-state index contributed by atoms with van der Waals surface area (Å²) < 4.78 is 16.6. The van der Waals surface area contributed by atoms with Crippen LogP contribution < -0.4 is 9.47 Å². The number of hydrogen-bond acceptors (Lipinski definition) is 4. The molecule has 30 heavy (non-hydrogen) atoms. The van der Waals surface area contributed by atoms with Gasteiger partial charge in [0.15, 0.2) is 11.5 Å². The number of halogens is 1. The van der Waals surface area contributed by atoms with Gasteiger partial charge in [0.1, 0.15) is 11.5 Å². The minimum Gasteiger partial charge on any atom is -0.493 e. The SMILES string of the molecule is COc1cc2c(cc1OC)[C@@H](c1cccc(Cl)c1)N(C(=O)c1cc(C)oc1C)CC2. The highest BCUT2D eigenvalue weighted by Gasteiger charge is 2.35. The third-order valence-corrected chi connectivity index (χ3v) is 5.81. The minimum atomic E-state index is -0.297. The Bertz CT molecular complexity index is 1100. The van der Waals surface area contributed by atoms with Gasteiger partial charge >= 0.3 is 0 Å². The van der Waals surface area contributed by atoms with E-state index in [1.165, 1.54) is 0 Å². The van der Waals surface area contributed by atoms with Gasteiger partial charge in [0.25, 0.3) is 5.91 Å². The lowest BCUT2D eigenvalue weighted by Crippen LogP contribution is -2.40. The number of hydrogen-bond donors (Lipinski definition) is 0. The van der Waals surface area contributed by atoms with Gasteiger partial charge in [-0.15, -0.1) is 0 Å². The van der Waals surface area contributed by atoms with Gasteiger partial charge in [0.2, 0.25) is 0 Å². The second kappa shape index (κ2) is 8.07. The van der Waals surface area contributed by atoms with Crippen molar-refractivity contribution in [1.82, 2.24) is 4.90 Å². The van der Waals surface area contributed by atoms with Crippen LogP contribution in [0, 0.1) is 13.8 Å². The van der Waals surface area contributed by atoms with E-state index in [2.05, 4.69) is 0 Å². The van der Waals surface area contributed by atoms with Crippen molar-refractivity contribution < 1.29 is 18.7 Å². The van der Waals surface area contributed by atoms with E-state index in [0.717, 1.165) is 22.5 Å². The number of methoxy groups -OCH3 is 2. The second-order valence-corrected chi connectivity index (χ2v) is 7.88. The van der Waals surface area contributed by atoms with E-state index in [4.69, 9.17) is 25.5 Å². The quantitative estimate of drug-likeness (QED) is 0.565. The summed E-state index contributed by atoms with van der Waals surface area (Å²) in [6, 6.07) is 13.1. The fourth-order valence-electron chi connectivity index (χ4n) is 4.20. The zero-order valence-corrected chi connectivity index (χ0v) is 18.2. The Balaban J connectivity index is 1.87. The zero-order chi connectivity index (χ0) is 21.4. The summed E-state index contributed by atoms with van der Waals surface area (Å²) in [5.41, 5.74) is 3.67. The first-order valence-corrected chi connectivity index (χ1v) is 10.2. The van der Waals surface area contributed by atoms with Crippen LogP contribution in [-0.4, -0.2) is 31.6 Å². The topological polar surface area (TPSA) is 51.9 Å². The van der Waals surface area contributed by atoms with Crippen LogP contribution in [0.4, 0.5) is 0 Å². The van der Waals surface area contributed by atoms with Crippen LogP contribution in [0.15, 0.2) is 46.9 Å². The van der Waals surface area contributed by atoms with Gasteiger partial charge in [-0.3, -0.25) is 4.79 Å². The van der Waals surface area contributed by atoms with Crippen molar-refractivity contribution in [3.63, 3.8) is 0 Å². The maximum atomic E-state index is 13.6. The molecule has 4 rings (SSSR count). The number of amides is 1. The summed E-state index contributed by atoms with van der Waals surface area (Å²) in [6.45, 7) is 4.24. The van der Waals surface area contributed by atoms with Crippen molar-refractivity contribution in [2.75, 3.05) is 20.8 Å². The van der Waals surface area contributed by atoms with Crippen molar-refractivity contribution in [1.29, 1.82) is 0 Å². The average molecular weight is 426 g/mol. The van der Waals surface area contributed by atoms with E-state index >= 15 is 0 Å². The molecule has 3 aromatic rings. The van der Waals surface area contributed by atoms with E-state index in [-0.39, 0.29) is 11.9 Å². The van der Waals surface area contributed by atoms with Crippen LogP contribution >= 0.6 is 11.6 Å². The molecule has 1 amide bonds. The summed E-state index contributed by atoms with van der Waals surface area (Å²) >= 11 is 6.31. The summed E-state index contributed by atoms with van der Waals surface area (Å²) in [5, 5.41) is 0.628. The maximum Gasteiger partial charge on any atom is 0.258 e. The predicted molar refractivity (Wildman–Crippen MR) is 116 cm³/mol. The molecule has 2 aromatic carbocycles. The molecule has 0 N–H and O–H groups in total. The summed E-state index contributed by atoms with van der Waals surface area (Å²) in [5.74, 6) is 2.60. The molecule has 1 aliphatic heterocycles. The molecular weight excluding hydrogens is 402 g/mol. The number of ether oxygens (including phenoxy) is 2. The summed E-state index contributed by atoms with van der Waals surface area (Å²) in [7, 11) is 3.24. The lowest BCUT2D eigenvalue weighted by molar-refractivity contribution is 0.0692. The standard InChI is InChI=1S/C24H24ClNO4/c1-14-10-19(15(2)30-14)24(27)26-9-8-16-12-21(28-3)22(29-4)13-20(16)23(26)17-6-5-7-18(25)11-17/h5-7,10-13,23H,8-9H2,1-4H3/t23-/m1/s1.